The first kappa shape index (κ1) is 10.6. The van der Waals surface area contributed by atoms with Crippen LogP contribution in [0, 0.1) is 0 Å². The molecule has 0 atom stereocenters. The zero-order chi connectivity index (χ0) is 10.6. The zero-order valence-corrected chi connectivity index (χ0v) is 8.99. The standard InChI is InChI=1S/C12H16N2/c1-5-14-12-10(9(2)3)7-6-8-11(12)13-4/h5-9H,4H2,1-3H3. The van der Waals surface area contributed by atoms with Gasteiger partial charge in [-0.05, 0) is 31.2 Å². The van der Waals surface area contributed by atoms with Crippen molar-refractivity contribution in [2.24, 2.45) is 9.98 Å². The van der Waals surface area contributed by atoms with Crippen molar-refractivity contribution < 1.29 is 0 Å². The zero-order valence-electron chi connectivity index (χ0n) is 8.99. The minimum Gasteiger partial charge on any atom is -0.262 e. The fraction of sp³-hybridized carbons (Fsp3) is 0.333. The van der Waals surface area contributed by atoms with Crippen molar-refractivity contribution >= 4 is 24.3 Å². The van der Waals surface area contributed by atoms with Gasteiger partial charge in [-0.2, -0.15) is 0 Å². The summed E-state index contributed by atoms with van der Waals surface area (Å²) < 4.78 is 0. The Morgan fingerprint density at radius 2 is 2.07 bits per heavy atom. The van der Waals surface area contributed by atoms with Crippen LogP contribution in [0.15, 0.2) is 28.2 Å². The lowest BCUT2D eigenvalue weighted by atomic mass is 10.0. The summed E-state index contributed by atoms with van der Waals surface area (Å²) in [5.41, 5.74) is 3.02. The molecule has 0 N–H and O–H groups in total. The molecule has 0 spiro atoms. The van der Waals surface area contributed by atoms with Crippen molar-refractivity contribution in [3.05, 3.63) is 23.8 Å². The van der Waals surface area contributed by atoms with Gasteiger partial charge in [0.05, 0.1) is 11.4 Å². The summed E-state index contributed by atoms with van der Waals surface area (Å²) in [6.45, 7) is 9.76. The topological polar surface area (TPSA) is 24.7 Å². The SMILES string of the molecule is C=Nc1cccc(C(C)C)c1N=CC. The number of aliphatic imine (C=N–C) groups is 2. The van der Waals surface area contributed by atoms with Crippen LogP contribution in [-0.2, 0) is 0 Å². The Bertz CT molecular complexity index is 351. The van der Waals surface area contributed by atoms with Gasteiger partial charge in [0.1, 0.15) is 0 Å². The third-order valence-corrected chi connectivity index (χ3v) is 2.10. The Hall–Kier alpha value is -1.44. The van der Waals surface area contributed by atoms with Crippen LogP contribution in [0.1, 0.15) is 32.3 Å². The van der Waals surface area contributed by atoms with E-state index in [9.17, 15) is 0 Å². The molecular weight excluding hydrogens is 172 g/mol. The molecule has 0 aliphatic rings. The van der Waals surface area contributed by atoms with Crippen molar-refractivity contribution in [3.63, 3.8) is 0 Å². The van der Waals surface area contributed by atoms with Gasteiger partial charge in [0.25, 0.3) is 0 Å². The summed E-state index contributed by atoms with van der Waals surface area (Å²) in [6, 6.07) is 6.01. The van der Waals surface area contributed by atoms with E-state index in [1.54, 1.807) is 6.21 Å². The molecule has 0 fully saturated rings. The Labute approximate surface area is 85.4 Å². The molecule has 2 heteroatoms. The maximum Gasteiger partial charge on any atom is 0.0916 e. The van der Waals surface area contributed by atoms with Gasteiger partial charge >= 0.3 is 0 Å². The van der Waals surface area contributed by atoms with E-state index in [0.717, 1.165) is 11.4 Å². The normalized spacial score (nSPS) is 11.1. The third-order valence-electron chi connectivity index (χ3n) is 2.10. The monoisotopic (exact) mass is 188 g/mol. The van der Waals surface area contributed by atoms with Crippen molar-refractivity contribution in [2.75, 3.05) is 0 Å². The minimum atomic E-state index is 0.454. The molecule has 0 aliphatic heterocycles. The molecule has 0 amide bonds. The molecule has 0 aliphatic carbocycles. The van der Waals surface area contributed by atoms with Crippen LogP contribution in [0.3, 0.4) is 0 Å². The lowest BCUT2D eigenvalue weighted by Gasteiger charge is -2.10. The van der Waals surface area contributed by atoms with E-state index in [4.69, 9.17) is 0 Å². The molecule has 2 nitrogen and oxygen atoms in total. The molecule has 0 saturated heterocycles. The number of benzene rings is 1. The molecule has 74 valence electrons. The molecule has 0 heterocycles. The van der Waals surface area contributed by atoms with Crippen molar-refractivity contribution in [2.45, 2.75) is 26.7 Å². The second-order valence-corrected chi connectivity index (χ2v) is 3.42. The predicted octanol–water partition coefficient (Wildman–Crippen LogP) is 3.86. The minimum absolute atomic E-state index is 0.454. The maximum atomic E-state index is 4.34. The maximum absolute atomic E-state index is 4.34. The second kappa shape index (κ2) is 4.70. The molecule has 1 rings (SSSR count). The van der Waals surface area contributed by atoms with Gasteiger partial charge in [0, 0.05) is 6.21 Å². The van der Waals surface area contributed by atoms with Crippen LogP contribution in [0.5, 0.6) is 0 Å². The van der Waals surface area contributed by atoms with E-state index in [0.29, 0.717) is 5.92 Å². The van der Waals surface area contributed by atoms with Crippen molar-refractivity contribution in [3.8, 4) is 0 Å². The van der Waals surface area contributed by atoms with Crippen LogP contribution < -0.4 is 0 Å². The van der Waals surface area contributed by atoms with E-state index in [1.165, 1.54) is 5.56 Å². The summed E-state index contributed by atoms with van der Waals surface area (Å²) in [6.07, 6.45) is 1.79. The third kappa shape index (κ3) is 2.08. The van der Waals surface area contributed by atoms with Gasteiger partial charge in [0.2, 0.25) is 0 Å². The smallest absolute Gasteiger partial charge is 0.0916 e. The van der Waals surface area contributed by atoms with E-state index < -0.39 is 0 Å². The largest absolute Gasteiger partial charge is 0.262 e. The van der Waals surface area contributed by atoms with Gasteiger partial charge in [-0.1, -0.05) is 26.0 Å². The van der Waals surface area contributed by atoms with Crippen LogP contribution in [-0.4, -0.2) is 12.9 Å². The van der Waals surface area contributed by atoms with Crippen LogP contribution in [0.25, 0.3) is 0 Å². The molecule has 1 aromatic carbocycles. The molecule has 0 saturated carbocycles. The summed E-state index contributed by atoms with van der Waals surface area (Å²) in [7, 11) is 0. The Balaban J connectivity index is 3.34. The Morgan fingerprint density at radius 1 is 1.36 bits per heavy atom. The lowest BCUT2D eigenvalue weighted by molar-refractivity contribution is 0.867. The van der Waals surface area contributed by atoms with Gasteiger partial charge in [-0.15, -0.1) is 0 Å². The van der Waals surface area contributed by atoms with E-state index in [1.807, 2.05) is 19.1 Å². The average Bonchev–Trinajstić information content (AvgIpc) is 2.18. The summed E-state index contributed by atoms with van der Waals surface area (Å²) in [4.78, 5) is 8.31. The summed E-state index contributed by atoms with van der Waals surface area (Å²) >= 11 is 0. The summed E-state index contributed by atoms with van der Waals surface area (Å²) in [5, 5.41) is 0. The molecule has 1 aromatic rings. The lowest BCUT2D eigenvalue weighted by Crippen LogP contribution is -1.88. The van der Waals surface area contributed by atoms with Gasteiger partial charge in [0.15, 0.2) is 0 Å². The number of hydrogen-bond donors (Lipinski definition) is 0. The van der Waals surface area contributed by atoms with Crippen LogP contribution in [0.2, 0.25) is 0 Å². The Morgan fingerprint density at radius 3 is 2.57 bits per heavy atom. The first-order chi connectivity index (χ1) is 6.70. The molecule has 0 radical (unpaired) electrons. The number of hydrogen-bond acceptors (Lipinski definition) is 2. The fourth-order valence-electron chi connectivity index (χ4n) is 1.41. The molecule has 0 unspecified atom stereocenters. The van der Waals surface area contributed by atoms with Gasteiger partial charge < -0.3 is 0 Å². The second-order valence-electron chi connectivity index (χ2n) is 3.42. The van der Waals surface area contributed by atoms with Crippen LogP contribution in [0.4, 0.5) is 11.4 Å². The van der Waals surface area contributed by atoms with E-state index in [2.05, 4.69) is 36.6 Å². The highest BCUT2D eigenvalue weighted by atomic mass is 14.8. The van der Waals surface area contributed by atoms with Crippen LogP contribution >= 0.6 is 0 Å². The fourth-order valence-corrected chi connectivity index (χ4v) is 1.41. The Kier molecular flexibility index (Phi) is 3.57. The first-order valence-corrected chi connectivity index (χ1v) is 4.79. The van der Waals surface area contributed by atoms with E-state index >= 15 is 0 Å². The highest BCUT2D eigenvalue weighted by molar-refractivity contribution is 5.74. The number of para-hydroxylation sites is 1. The highest BCUT2D eigenvalue weighted by Gasteiger charge is 2.08. The predicted molar refractivity (Wildman–Crippen MR) is 63.6 cm³/mol. The summed E-state index contributed by atoms with van der Waals surface area (Å²) in [5.74, 6) is 0.454. The first-order valence-electron chi connectivity index (χ1n) is 4.79. The van der Waals surface area contributed by atoms with E-state index in [-0.39, 0.29) is 0 Å². The molecular formula is C12H16N2. The quantitative estimate of drug-likeness (QED) is 0.643. The van der Waals surface area contributed by atoms with Gasteiger partial charge in [-0.3, -0.25) is 9.98 Å². The molecule has 14 heavy (non-hydrogen) atoms. The van der Waals surface area contributed by atoms with Crippen molar-refractivity contribution in [1.82, 2.24) is 0 Å². The average molecular weight is 188 g/mol. The molecule has 0 aromatic heterocycles. The van der Waals surface area contributed by atoms with Crippen molar-refractivity contribution in [1.29, 1.82) is 0 Å². The van der Waals surface area contributed by atoms with Gasteiger partial charge in [-0.25, -0.2) is 0 Å². The highest BCUT2D eigenvalue weighted by Crippen LogP contribution is 2.35. The number of rotatable bonds is 3. The molecule has 0 bridgehead atoms. The number of nitrogens with zero attached hydrogens (tertiary/aromatic N) is 2.